The van der Waals surface area contributed by atoms with E-state index in [0.717, 1.165) is 6.54 Å². The van der Waals surface area contributed by atoms with Crippen molar-refractivity contribution in [1.29, 1.82) is 0 Å². The minimum Gasteiger partial charge on any atom is -0.356 e. The van der Waals surface area contributed by atoms with Gasteiger partial charge in [-0.1, -0.05) is 11.6 Å². The summed E-state index contributed by atoms with van der Waals surface area (Å²) in [7, 11) is 0. The molecule has 0 unspecified atom stereocenters. The fourth-order valence-corrected chi connectivity index (χ4v) is 1.32. The molecule has 1 heterocycles. The van der Waals surface area contributed by atoms with Crippen LogP contribution in [0, 0.1) is 5.92 Å². The Labute approximate surface area is 81.5 Å². The van der Waals surface area contributed by atoms with Gasteiger partial charge < -0.3 is 10.3 Å². The molecule has 70 valence electrons. The van der Waals surface area contributed by atoms with Crippen molar-refractivity contribution in [3.05, 3.63) is 23.0 Å². The largest absolute Gasteiger partial charge is 0.356 e. The van der Waals surface area contributed by atoms with E-state index in [2.05, 4.69) is 10.3 Å². The first kappa shape index (κ1) is 8.63. The van der Waals surface area contributed by atoms with Crippen LogP contribution in [-0.2, 0) is 0 Å². The molecule has 13 heavy (non-hydrogen) atoms. The molecule has 0 spiro atoms. The zero-order chi connectivity index (χ0) is 9.26. The molecule has 1 fully saturated rings. The third-order valence-electron chi connectivity index (χ3n) is 2.14. The van der Waals surface area contributed by atoms with Crippen LogP contribution in [0.5, 0.6) is 0 Å². The summed E-state index contributed by atoms with van der Waals surface area (Å²) in [4.78, 5) is 14.2. The normalized spacial score (nSPS) is 15.8. The maximum Gasteiger partial charge on any atom is 0.267 e. The fourth-order valence-electron chi connectivity index (χ4n) is 1.15. The standard InChI is InChI=1S/C9H11ClN2O/c10-7-3-8(11-5-7)9(13)12-4-6-1-2-6/h3,5-6,11H,1-2,4H2,(H,12,13). The van der Waals surface area contributed by atoms with Crippen LogP contribution in [0.4, 0.5) is 0 Å². The maximum atomic E-state index is 11.4. The summed E-state index contributed by atoms with van der Waals surface area (Å²) in [5.41, 5.74) is 0.533. The molecule has 1 aromatic heterocycles. The van der Waals surface area contributed by atoms with Gasteiger partial charge in [0.25, 0.3) is 5.91 Å². The van der Waals surface area contributed by atoms with Crippen molar-refractivity contribution in [3.63, 3.8) is 0 Å². The average Bonchev–Trinajstić information content (AvgIpc) is 2.84. The van der Waals surface area contributed by atoms with Gasteiger partial charge >= 0.3 is 0 Å². The lowest BCUT2D eigenvalue weighted by Crippen LogP contribution is -2.25. The van der Waals surface area contributed by atoms with Gasteiger partial charge in [0.1, 0.15) is 5.69 Å². The van der Waals surface area contributed by atoms with E-state index >= 15 is 0 Å². The predicted octanol–water partition coefficient (Wildman–Crippen LogP) is 1.81. The third kappa shape index (κ3) is 2.25. The van der Waals surface area contributed by atoms with Crippen LogP contribution in [0.3, 0.4) is 0 Å². The minimum atomic E-state index is -0.0706. The third-order valence-corrected chi connectivity index (χ3v) is 2.36. The number of nitrogens with one attached hydrogen (secondary N) is 2. The van der Waals surface area contributed by atoms with Gasteiger partial charge in [-0.15, -0.1) is 0 Å². The molecule has 0 aromatic carbocycles. The lowest BCUT2D eigenvalue weighted by atomic mass is 10.3. The molecule has 0 saturated heterocycles. The Hall–Kier alpha value is -0.960. The predicted molar refractivity (Wildman–Crippen MR) is 50.9 cm³/mol. The Balaban J connectivity index is 1.88. The van der Waals surface area contributed by atoms with Gasteiger partial charge in [0, 0.05) is 12.7 Å². The summed E-state index contributed by atoms with van der Waals surface area (Å²) in [5.74, 6) is 0.633. The van der Waals surface area contributed by atoms with E-state index in [1.54, 1.807) is 12.3 Å². The molecular weight excluding hydrogens is 188 g/mol. The zero-order valence-corrected chi connectivity index (χ0v) is 7.90. The van der Waals surface area contributed by atoms with Gasteiger partial charge in [0.2, 0.25) is 0 Å². The first-order valence-corrected chi connectivity index (χ1v) is 4.75. The topological polar surface area (TPSA) is 44.9 Å². The van der Waals surface area contributed by atoms with Crippen molar-refractivity contribution in [2.24, 2.45) is 5.92 Å². The molecule has 3 nitrogen and oxygen atoms in total. The summed E-state index contributed by atoms with van der Waals surface area (Å²) in [6, 6.07) is 1.63. The van der Waals surface area contributed by atoms with Crippen LogP contribution < -0.4 is 5.32 Å². The second-order valence-corrected chi connectivity index (χ2v) is 3.82. The lowest BCUT2D eigenvalue weighted by Gasteiger charge is -2.00. The van der Waals surface area contributed by atoms with Gasteiger partial charge in [0.05, 0.1) is 5.02 Å². The van der Waals surface area contributed by atoms with E-state index in [0.29, 0.717) is 16.6 Å². The molecular formula is C9H11ClN2O. The maximum absolute atomic E-state index is 11.4. The van der Waals surface area contributed by atoms with Crippen LogP contribution >= 0.6 is 11.6 Å². The molecule has 1 aromatic rings. The van der Waals surface area contributed by atoms with Crippen LogP contribution in [0.1, 0.15) is 23.3 Å². The molecule has 1 aliphatic carbocycles. The van der Waals surface area contributed by atoms with Crippen molar-refractivity contribution >= 4 is 17.5 Å². The number of amides is 1. The fraction of sp³-hybridized carbons (Fsp3) is 0.444. The number of rotatable bonds is 3. The van der Waals surface area contributed by atoms with E-state index in [4.69, 9.17) is 11.6 Å². The Morgan fingerprint density at radius 1 is 1.69 bits per heavy atom. The summed E-state index contributed by atoms with van der Waals surface area (Å²) in [5, 5.41) is 3.41. The number of hydrogen-bond acceptors (Lipinski definition) is 1. The minimum absolute atomic E-state index is 0.0706. The highest BCUT2D eigenvalue weighted by atomic mass is 35.5. The van der Waals surface area contributed by atoms with Crippen molar-refractivity contribution in [2.75, 3.05) is 6.54 Å². The lowest BCUT2D eigenvalue weighted by molar-refractivity contribution is 0.0947. The number of aromatic amines is 1. The molecule has 4 heteroatoms. The van der Waals surface area contributed by atoms with Crippen molar-refractivity contribution in [3.8, 4) is 0 Å². The Kier molecular flexibility index (Phi) is 2.27. The van der Waals surface area contributed by atoms with Gasteiger partial charge in [-0.3, -0.25) is 4.79 Å². The van der Waals surface area contributed by atoms with Crippen LogP contribution in [0.15, 0.2) is 12.3 Å². The molecule has 1 saturated carbocycles. The van der Waals surface area contributed by atoms with Gasteiger partial charge in [-0.05, 0) is 24.8 Å². The van der Waals surface area contributed by atoms with E-state index in [1.165, 1.54) is 12.8 Å². The molecule has 2 N–H and O–H groups in total. The molecule has 1 aliphatic rings. The second-order valence-electron chi connectivity index (χ2n) is 3.38. The monoisotopic (exact) mass is 198 g/mol. The Morgan fingerprint density at radius 3 is 3.00 bits per heavy atom. The number of H-pyrrole nitrogens is 1. The summed E-state index contributed by atoms with van der Waals surface area (Å²) in [6.07, 6.45) is 4.09. The molecule has 1 amide bonds. The quantitative estimate of drug-likeness (QED) is 0.765. The van der Waals surface area contributed by atoms with E-state index in [1.807, 2.05) is 0 Å². The molecule has 0 aliphatic heterocycles. The molecule has 2 rings (SSSR count). The van der Waals surface area contributed by atoms with Crippen LogP contribution in [0.25, 0.3) is 0 Å². The summed E-state index contributed by atoms with van der Waals surface area (Å²) >= 11 is 5.67. The summed E-state index contributed by atoms with van der Waals surface area (Å²) in [6.45, 7) is 0.787. The second kappa shape index (κ2) is 3.42. The van der Waals surface area contributed by atoms with E-state index < -0.39 is 0 Å². The average molecular weight is 199 g/mol. The van der Waals surface area contributed by atoms with Crippen LogP contribution in [-0.4, -0.2) is 17.4 Å². The van der Waals surface area contributed by atoms with Crippen LogP contribution in [0.2, 0.25) is 5.02 Å². The van der Waals surface area contributed by atoms with Gasteiger partial charge in [-0.25, -0.2) is 0 Å². The number of carbonyl (C=O) groups excluding carboxylic acids is 1. The van der Waals surface area contributed by atoms with Crippen molar-refractivity contribution in [2.45, 2.75) is 12.8 Å². The Bertz CT molecular complexity index is 317. The smallest absolute Gasteiger partial charge is 0.267 e. The molecule has 0 atom stereocenters. The highest BCUT2D eigenvalue weighted by molar-refractivity contribution is 6.30. The van der Waals surface area contributed by atoms with E-state index in [9.17, 15) is 4.79 Å². The number of hydrogen-bond donors (Lipinski definition) is 2. The number of aromatic nitrogens is 1. The number of halogens is 1. The summed E-state index contributed by atoms with van der Waals surface area (Å²) < 4.78 is 0. The first-order valence-electron chi connectivity index (χ1n) is 4.38. The van der Waals surface area contributed by atoms with Gasteiger partial charge in [0.15, 0.2) is 0 Å². The molecule has 0 bridgehead atoms. The zero-order valence-electron chi connectivity index (χ0n) is 7.14. The highest BCUT2D eigenvalue weighted by Gasteiger charge is 2.22. The molecule has 0 radical (unpaired) electrons. The van der Waals surface area contributed by atoms with Crippen molar-refractivity contribution in [1.82, 2.24) is 10.3 Å². The first-order chi connectivity index (χ1) is 6.25. The SMILES string of the molecule is O=C(NCC1CC1)c1cc(Cl)c[nH]1. The van der Waals surface area contributed by atoms with Gasteiger partial charge in [-0.2, -0.15) is 0 Å². The highest BCUT2D eigenvalue weighted by Crippen LogP contribution is 2.27. The van der Waals surface area contributed by atoms with E-state index in [-0.39, 0.29) is 5.91 Å². The number of carbonyl (C=O) groups is 1. The van der Waals surface area contributed by atoms with Crippen molar-refractivity contribution < 1.29 is 4.79 Å². The Morgan fingerprint density at radius 2 is 2.46 bits per heavy atom.